The van der Waals surface area contributed by atoms with Gasteiger partial charge in [0.2, 0.25) is 0 Å². The number of amides is 2. The second-order valence-electron chi connectivity index (χ2n) is 5.46. The Morgan fingerprint density at radius 2 is 1.40 bits per heavy atom. The number of carbonyl (C=O) groups is 2. The van der Waals surface area contributed by atoms with Crippen LogP contribution in [-0.2, 0) is 11.2 Å². The molecule has 0 unspecified atom stereocenters. The number of ether oxygens (including phenoxy) is 1. The summed E-state index contributed by atoms with van der Waals surface area (Å²) in [5.74, 6) is -0.701. The fraction of sp³-hybridized carbons (Fsp3) is 0.263. The van der Waals surface area contributed by atoms with E-state index in [9.17, 15) is 14.0 Å². The molecule has 0 atom stereocenters. The van der Waals surface area contributed by atoms with Gasteiger partial charge in [0.25, 0.3) is 11.8 Å². The van der Waals surface area contributed by atoms with Crippen molar-refractivity contribution in [3.8, 4) is 0 Å². The Labute approximate surface area is 146 Å². The van der Waals surface area contributed by atoms with Gasteiger partial charge in [-0.1, -0.05) is 12.1 Å². The molecule has 2 rings (SSSR count). The van der Waals surface area contributed by atoms with E-state index in [1.807, 2.05) is 0 Å². The Balaban J connectivity index is 1.81. The maximum absolute atomic E-state index is 12.8. The zero-order chi connectivity index (χ0) is 18.1. The van der Waals surface area contributed by atoms with E-state index in [2.05, 4.69) is 10.6 Å². The summed E-state index contributed by atoms with van der Waals surface area (Å²) in [6.45, 7) is 1.32. The van der Waals surface area contributed by atoms with Crippen LogP contribution in [0.1, 0.15) is 26.3 Å². The minimum Gasteiger partial charge on any atom is -0.383 e. The highest BCUT2D eigenvalue weighted by Gasteiger charge is 2.08. The Kier molecular flexibility index (Phi) is 7.10. The van der Waals surface area contributed by atoms with E-state index in [0.29, 0.717) is 37.2 Å². The normalized spacial score (nSPS) is 10.3. The number of rotatable bonds is 8. The van der Waals surface area contributed by atoms with Crippen molar-refractivity contribution in [3.63, 3.8) is 0 Å². The second kappa shape index (κ2) is 9.54. The van der Waals surface area contributed by atoms with Crippen LogP contribution in [0.25, 0.3) is 0 Å². The van der Waals surface area contributed by atoms with Crippen LogP contribution in [0.2, 0.25) is 0 Å². The minimum absolute atomic E-state index is 0.208. The first-order chi connectivity index (χ1) is 12.1. The number of carbonyl (C=O) groups excluding carboxylic acids is 2. The monoisotopic (exact) mass is 344 g/mol. The topological polar surface area (TPSA) is 67.4 Å². The molecular weight excluding hydrogens is 323 g/mol. The summed E-state index contributed by atoms with van der Waals surface area (Å²) in [7, 11) is 1.57. The average molecular weight is 344 g/mol. The number of hydrogen-bond donors (Lipinski definition) is 2. The summed E-state index contributed by atoms with van der Waals surface area (Å²) in [5.41, 5.74) is 1.91. The molecule has 132 valence electrons. The Morgan fingerprint density at radius 1 is 0.880 bits per heavy atom. The summed E-state index contributed by atoms with van der Waals surface area (Å²) in [4.78, 5) is 24.0. The molecule has 0 saturated heterocycles. The lowest BCUT2D eigenvalue weighted by atomic mass is 10.1. The lowest BCUT2D eigenvalue weighted by Crippen LogP contribution is -2.27. The van der Waals surface area contributed by atoms with Crippen LogP contribution in [0.3, 0.4) is 0 Å². The standard InChI is InChI=1S/C19H21FN2O3/c1-25-13-12-22-19(24)16-6-4-15(5-7-16)18(23)21-11-10-14-2-8-17(20)9-3-14/h2-9H,10-13H2,1H3,(H,21,23)(H,22,24). The van der Waals surface area contributed by atoms with Crippen molar-refractivity contribution in [2.24, 2.45) is 0 Å². The largest absolute Gasteiger partial charge is 0.383 e. The molecule has 0 spiro atoms. The van der Waals surface area contributed by atoms with E-state index in [0.717, 1.165) is 5.56 Å². The molecule has 0 aliphatic heterocycles. The third-order valence-electron chi connectivity index (χ3n) is 3.61. The SMILES string of the molecule is COCCNC(=O)c1ccc(C(=O)NCCc2ccc(F)cc2)cc1. The highest BCUT2D eigenvalue weighted by atomic mass is 19.1. The summed E-state index contributed by atoms with van der Waals surface area (Å²) < 4.78 is 17.7. The van der Waals surface area contributed by atoms with Gasteiger partial charge in [0.05, 0.1) is 6.61 Å². The van der Waals surface area contributed by atoms with Crippen molar-refractivity contribution in [2.45, 2.75) is 6.42 Å². The minimum atomic E-state index is -0.279. The summed E-state index contributed by atoms with van der Waals surface area (Å²) >= 11 is 0. The Morgan fingerprint density at radius 3 is 1.92 bits per heavy atom. The first-order valence-corrected chi connectivity index (χ1v) is 8.00. The summed E-state index contributed by atoms with van der Waals surface area (Å²) in [6.07, 6.45) is 0.617. The first-order valence-electron chi connectivity index (χ1n) is 8.00. The molecule has 5 nitrogen and oxygen atoms in total. The predicted molar refractivity (Wildman–Crippen MR) is 93.1 cm³/mol. The van der Waals surface area contributed by atoms with Crippen LogP contribution in [0.5, 0.6) is 0 Å². The molecule has 0 saturated carbocycles. The first kappa shape index (κ1) is 18.6. The highest BCUT2D eigenvalue weighted by Crippen LogP contribution is 2.06. The van der Waals surface area contributed by atoms with Crippen LogP contribution in [0.4, 0.5) is 4.39 Å². The van der Waals surface area contributed by atoms with Gasteiger partial charge in [0.1, 0.15) is 5.82 Å². The van der Waals surface area contributed by atoms with Crippen LogP contribution >= 0.6 is 0 Å². The maximum atomic E-state index is 12.8. The number of benzene rings is 2. The van der Waals surface area contributed by atoms with Gasteiger partial charge in [-0.2, -0.15) is 0 Å². The Bertz CT molecular complexity index is 700. The van der Waals surface area contributed by atoms with Crippen molar-refractivity contribution < 1.29 is 18.7 Å². The molecule has 2 aromatic rings. The average Bonchev–Trinajstić information content (AvgIpc) is 2.63. The van der Waals surface area contributed by atoms with Gasteiger partial charge < -0.3 is 15.4 Å². The van der Waals surface area contributed by atoms with Gasteiger partial charge in [0, 0.05) is 31.3 Å². The van der Waals surface area contributed by atoms with Gasteiger partial charge in [-0.05, 0) is 48.4 Å². The maximum Gasteiger partial charge on any atom is 0.251 e. The molecule has 2 aromatic carbocycles. The van der Waals surface area contributed by atoms with Crippen LogP contribution in [0, 0.1) is 5.82 Å². The smallest absolute Gasteiger partial charge is 0.251 e. The second-order valence-corrected chi connectivity index (χ2v) is 5.46. The van der Waals surface area contributed by atoms with E-state index >= 15 is 0 Å². The number of hydrogen-bond acceptors (Lipinski definition) is 3. The zero-order valence-electron chi connectivity index (χ0n) is 14.0. The van der Waals surface area contributed by atoms with E-state index in [1.165, 1.54) is 12.1 Å². The molecule has 0 radical (unpaired) electrons. The van der Waals surface area contributed by atoms with Crippen molar-refractivity contribution in [3.05, 3.63) is 71.0 Å². The van der Waals surface area contributed by atoms with E-state index in [1.54, 1.807) is 43.5 Å². The van der Waals surface area contributed by atoms with Crippen molar-refractivity contribution >= 4 is 11.8 Å². The van der Waals surface area contributed by atoms with Crippen molar-refractivity contribution in [2.75, 3.05) is 26.8 Å². The fourth-order valence-electron chi connectivity index (χ4n) is 2.22. The van der Waals surface area contributed by atoms with Crippen LogP contribution in [0.15, 0.2) is 48.5 Å². The molecule has 6 heteroatoms. The van der Waals surface area contributed by atoms with Gasteiger partial charge in [-0.15, -0.1) is 0 Å². The van der Waals surface area contributed by atoms with Gasteiger partial charge in [-0.3, -0.25) is 9.59 Å². The lowest BCUT2D eigenvalue weighted by Gasteiger charge is -2.07. The molecule has 0 heterocycles. The van der Waals surface area contributed by atoms with E-state index in [4.69, 9.17) is 4.74 Å². The molecular formula is C19H21FN2O3. The highest BCUT2D eigenvalue weighted by molar-refractivity contribution is 5.97. The number of methoxy groups -OCH3 is 1. The summed E-state index contributed by atoms with van der Waals surface area (Å²) in [6, 6.07) is 12.6. The molecule has 0 fully saturated rings. The molecule has 2 N–H and O–H groups in total. The zero-order valence-corrected chi connectivity index (χ0v) is 14.0. The summed E-state index contributed by atoms with van der Waals surface area (Å²) in [5, 5.41) is 5.52. The molecule has 0 aliphatic carbocycles. The lowest BCUT2D eigenvalue weighted by molar-refractivity contribution is 0.0931. The Hall–Kier alpha value is -2.73. The molecule has 0 aromatic heterocycles. The third-order valence-corrected chi connectivity index (χ3v) is 3.61. The molecule has 0 aliphatic rings. The van der Waals surface area contributed by atoms with E-state index in [-0.39, 0.29) is 17.6 Å². The van der Waals surface area contributed by atoms with Gasteiger partial charge in [0.15, 0.2) is 0 Å². The molecule has 2 amide bonds. The number of nitrogens with one attached hydrogen (secondary N) is 2. The van der Waals surface area contributed by atoms with Crippen LogP contribution in [-0.4, -0.2) is 38.6 Å². The van der Waals surface area contributed by atoms with Gasteiger partial charge >= 0.3 is 0 Å². The van der Waals surface area contributed by atoms with Crippen molar-refractivity contribution in [1.29, 1.82) is 0 Å². The predicted octanol–water partition coefficient (Wildman–Crippen LogP) is 2.17. The molecule has 25 heavy (non-hydrogen) atoms. The fourth-order valence-corrected chi connectivity index (χ4v) is 2.22. The van der Waals surface area contributed by atoms with Gasteiger partial charge in [-0.25, -0.2) is 4.39 Å². The third kappa shape index (κ3) is 6.00. The van der Waals surface area contributed by atoms with E-state index < -0.39 is 0 Å². The van der Waals surface area contributed by atoms with Crippen LogP contribution < -0.4 is 10.6 Å². The quantitative estimate of drug-likeness (QED) is 0.721. The molecule has 0 bridgehead atoms. The number of halogens is 1. The van der Waals surface area contributed by atoms with Crippen molar-refractivity contribution in [1.82, 2.24) is 10.6 Å².